The quantitative estimate of drug-likeness (QED) is 0.851. The molecule has 4 heteroatoms. The van der Waals surface area contributed by atoms with Gasteiger partial charge in [0.25, 0.3) is 0 Å². The number of benzene rings is 1. The molecule has 1 aromatic carbocycles. The predicted octanol–water partition coefficient (Wildman–Crippen LogP) is 2.48. The molecule has 2 aromatic rings. The Morgan fingerprint density at radius 3 is 2.71 bits per heavy atom. The third kappa shape index (κ3) is 4.01. The summed E-state index contributed by atoms with van der Waals surface area (Å²) in [6.45, 7) is 1.05. The van der Waals surface area contributed by atoms with Gasteiger partial charge in [-0.15, -0.1) is 0 Å². The van der Waals surface area contributed by atoms with Crippen LogP contribution in [-0.4, -0.2) is 12.5 Å². The molecular formula is C13H14N2OS. The largest absolute Gasteiger partial charge is 0.325 e. The van der Waals surface area contributed by atoms with Crippen LogP contribution < -0.4 is 10.6 Å². The molecule has 0 saturated carbocycles. The van der Waals surface area contributed by atoms with Gasteiger partial charge in [0.05, 0.1) is 6.54 Å². The van der Waals surface area contributed by atoms with E-state index in [0.717, 1.165) is 12.2 Å². The summed E-state index contributed by atoms with van der Waals surface area (Å²) in [7, 11) is 0. The summed E-state index contributed by atoms with van der Waals surface area (Å²) in [4.78, 5) is 11.6. The molecule has 0 spiro atoms. The molecule has 0 bridgehead atoms. The van der Waals surface area contributed by atoms with Crippen molar-refractivity contribution in [1.82, 2.24) is 5.32 Å². The van der Waals surface area contributed by atoms with E-state index in [-0.39, 0.29) is 5.91 Å². The fourth-order valence-corrected chi connectivity index (χ4v) is 2.11. The van der Waals surface area contributed by atoms with E-state index in [1.807, 2.05) is 41.8 Å². The molecule has 17 heavy (non-hydrogen) atoms. The summed E-state index contributed by atoms with van der Waals surface area (Å²) >= 11 is 1.66. The van der Waals surface area contributed by atoms with Gasteiger partial charge < -0.3 is 10.6 Å². The second kappa shape index (κ2) is 6.18. The lowest BCUT2D eigenvalue weighted by molar-refractivity contribution is -0.115. The monoisotopic (exact) mass is 246 g/mol. The van der Waals surface area contributed by atoms with Crippen LogP contribution in [0.1, 0.15) is 5.56 Å². The van der Waals surface area contributed by atoms with Crippen LogP contribution in [0.15, 0.2) is 47.2 Å². The molecule has 0 atom stereocenters. The molecule has 0 aliphatic rings. The third-order valence-corrected chi connectivity index (χ3v) is 2.98. The van der Waals surface area contributed by atoms with Crippen LogP contribution in [-0.2, 0) is 11.3 Å². The summed E-state index contributed by atoms with van der Waals surface area (Å²) in [5, 5.41) is 10.0. The summed E-state index contributed by atoms with van der Waals surface area (Å²) in [6.07, 6.45) is 0. The Balaban J connectivity index is 1.71. The smallest absolute Gasteiger partial charge is 0.238 e. The molecule has 2 rings (SSSR count). The van der Waals surface area contributed by atoms with Crippen LogP contribution in [0.2, 0.25) is 0 Å². The van der Waals surface area contributed by atoms with Gasteiger partial charge in [-0.3, -0.25) is 4.79 Å². The lowest BCUT2D eigenvalue weighted by Gasteiger charge is -2.05. The lowest BCUT2D eigenvalue weighted by Crippen LogP contribution is -2.27. The van der Waals surface area contributed by atoms with E-state index >= 15 is 0 Å². The molecule has 1 aromatic heterocycles. The molecule has 0 unspecified atom stereocenters. The number of hydrogen-bond donors (Lipinski definition) is 2. The van der Waals surface area contributed by atoms with E-state index in [2.05, 4.69) is 16.0 Å². The van der Waals surface area contributed by atoms with Crippen LogP contribution in [0.4, 0.5) is 5.69 Å². The zero-order valence-electron chi connectivity index (χ0n) is 9.35. The summed E-state index contributed by atoms with van der Waals surface area (Å²) in [6, 6.07) is 11.5. The topological polar surface area (TPSA) is 41.1 Å². The van der Waals surface area contributed by atoms with E-state index < -0.39 is 0 Å². The standard InChI is InChI=1S/C13H14N2OS/c16-13(15-12-4-2-1-3-5-12)9-14-8-11-6-7-17-10-11/h1-7,10,14H,8-9H2,(H,15,16). The minimum atomic E-state index is -0.0218. The van der Waals surface area contributed by atoms with E-state index in [9.17, 15) is 4.79 Å². The van der Waals surface area contributed by atoms with Gasteiger partial charge in [0.15, 0.2) is 0 Å². The van der Waals surface area contributed by atoms with Crippen molar-refractivity contribution >= 4 is 22.9 Å². The van der Waals surface area contributed by atoms with Gasteiger partial charge in [-0.2, -0.15) is 11.3 Å². The van der Waals surface area contributed by atoms with Gasteiger partial charge in [0, 0.05) is 12.2 Å². The number of amides is 1. The Bertz CT molecular complexity index is 454. The van der Waals surface area contributed by atoms with Gasteiger partial charge in [-0.25, -0.2) is 0 Å². The van der Waals surface area contributed by atoms with Crippen molar-refractivity contribution in [1.29, 1.82) is 0 Å². The first-order valence-corrected chi connectivity index (χ1v) is 6.35. The molecule has 0 aliphatic carbocycles. The van der Waals surface area contributed by atoms with Crippen LogP contribution in [0, 0.1) is 0 Å². The van der Waals surface area contributed by atoms with E-state index in [1.54, 1.807) is 11.3 Å². The molecule has 1 amide bonds. The number of para-hydroxylation sites is 1. The number of carbonyl (C=O) groups excluding carboxylic acids is 1. The van der Waals surface area contributed by atoms with Gasteiger partial charge in [0.2, 0.25) is 5.91 Å². The summed E-state index contributed by atoms with van der Waals surface area (Å²) in [5.41, 5.74) is 2.04. The Kier molecular flexibility index (Phi) is 4.30. The maximum atomic E-state index is 11.6. The number of anilines is 1. The molecule has 3 nitrogen and oxygen atoms in total. The highest BCUT2D eigenvalue weighted by atomic mass is 32.1. The fourth-order valence-electron chi connectivity index (χ4n) is 1.44. The number of carbonyl (C=O) groups is 1. The maximum absolute atomic E-state index is 11.6. The highest BCUT2D eigenvalue weighted by Crippen LogP contribution is 2.05. The lowest BCUT2D eigenvalue weighted by atomic mass is 10.3. The first-order valence-electron chi connectivity index (χ1n) is 5.41. The van der Waals surface area contributed by atoms with E-state index in [0.29, 0.717) is 6.54 Å². The van der Waals surface area contributed by atoms with Gasteiger partial charge in [0.1, 0.15) is 0 Å². The minimum absolute atomic E-state index is 0.0218. The first kappa shape index (κ1) is 11.8. The molecule has 1 heterocycles. The minimum Gasteiger partial charge on any atom is -0.325 e. The zero-order valence-corrected chi connectivity index (χ0v) is 10.2. The summed E-state index contributed by atoms with van der Waals surface area (Å²) < 4.78 is 0. The average Bonchev–Trinajstić information content (AvgIpc) is 2.83. The fraction of sp³-hybridized carbons (Fsp3) is 0.154. The highest BCUT2D eigenvalue weighted by Gasteiger charge is 2.01. The Morgan fingerprint density at radius 1 is 1.18 bits per heavy atom. The van der Waals surface area contributed by atoms with Crippen LogP contribution in [0.5, 0.6) is 0 Å². The van der Waals surface area contributed by atoms with Crippen molar-refractivity contribution in [3.05, 3.63) is 52.7 Å². The van der Waals surface area contributed by atoms with Gasteiger partial charge >= 0.3 is 0 Å². The van der Waals surface area contributed by atoms with E-state index in [4.69, 9.17) is 0 Å². The van der Waals surface area contributed by atoms with Crippen molar-refractivity contribution < 1.29 is 4.79 Å². The normalized spacial score (nSPS) is 10.1. The molecule has 2 N–H and O–H groups in total. The first-order chi connectivity index (χ1) is 8.34. The van der Waals surface area contributed by atoms with Crippen molar-refractivity contribution in [2.45, 2.75) is 6.54 Å². The molecular weight excluding hydrogens is 232 g/mol. The van der Waals surface area contributed by atoms with Crippen LogP contribution in [0.25, 0.3) is 0 Å². The maximum Gasteiger partial charge on any atom is 0.238 e. The van der Waals surface area contributed by atoms with Crippen LogP contribution in [0.3, 0.4) is 0 Å². The Hall–Kier alpha value is -1.65. The number of thiophene rings is 1. The van der Waals surface area contributed by atoms with E-state index in [1.165, 1.54) is 5.56 Å². The number of rotatable bonds is 5. The Morgan fingerprint density at radius 2 is 2.00 bits per heavy atom. The van der Waals surface area contributed by atoms with Crippen molar-refractivity contribution in [3.63, 3.8) is 0 Å². The summed E-state index contributed by atoms with van der Waals surface area (Å²) in [5.74, 6) is -0.0218. The molecule has 88 valence electrons. The second-order valence-electron chi connectivity index (χ2n) is 3.65. The predicted molar refractivity (Wildman–Crippen MR) is 71.1 cm³/mol. The Labute approximate surface area is 104 Å². The van der Waals surface area contributed by atoms with Crippen molar-refractivity contribution in [2.75, 3.05) is 11.9 Å². The molecule has 0 saturated heterocycles. The van der Waals surface area contributed by atoms with Gasteiger partial charge in [-0.05, 0) is 34.5 Å². The molecule has 0 aliphatic heterocycles. The third-order valence-electron chi connectivity index (χ3n) is 2.25. The van der Waals surface area contributed by atoms with Crippen molar-refractivity contribution in [3.8, 4) is 0 Å². The second-order valence-corrected chi connectivity index (χ2v) is 4.43. The molecule has 0 radical (unpaired) electrons. The number of nitrogens with one attached hydrogen (secondary N) is 2. The van der Waals surface area contributed by atoms with Crippen molar-refractivity contribution in [2.24, 2.45) is 0 Å². The molecule has 0 fully saturated rings. The van der Waals surface area contributed by atoms with Gasteiger partial charge in [-0.1, -0.05) is 18.2 Å². The zero-order chi connectivity index (χ0) is 11.9. The highest BCUT2D eigenvalue weighted by molar-refractivity contribution is 7.07. The SMILES string of the molecule is O=C(CNCc1ccsc1)Nc1ccccc1. The van der Waals surface area contributed by atoms with Crippen LogP contribution >= 0.6 is 11.3 Å². The average molecular weight is 246 g/mol. The number of hydrogen-bond acceptors (Lipinski definition) is 3.